The van der Waals surface area contributed by atoms with Crippen LogP contribution in [0.5, 0.6) is 0 Å². The first kappa shape index (κ1) is 12.3. The smallest absolute Gasteiger partial charge is 0.185 e. The number of nitrogens with one attached hydrogen (secondary N) is 1. The van der Waals surface area contributed by atoms with Gasteiger partial charge in [0.2, 0.25) is 0 Å². The SMILES string of the molecule is CC[C@H](COC)Nc1nc2c(s1)c(C)nn2C. The van der Waals surface area contributed by atoms with Crippen molar-refractivity contribution < 1.29 is 4.74 Å². The molecule has 0 aliphatic heterocycles. The first-order valence-electron chi connectivity index (χ1n) is 5.71. The summed E-state index contributed by atoms with van der Waals surface area (Å²) in [7, 11) is 3.64. The van der Waals surface area contributed by atoms with Crippen LogP contribution in [0.4, 0.5) is 5.13 Å². The second kappa shape index (κ2) is 5.01. The van der Waals surface area contributed by atoms with Crippen molar-refractivity contribution in [1.29, 1.82) is 0 Å². The molecule has 5 nitrogen and oxygen atoms in total. The molecule has 0 saturated heterocycles. The summed E-state index contributed by atoms with van der Waals surface area (Å²) in [5.74, 6) is 0. The van der Waals surface area contributed by atoms with Crippen LogP contribution in [0, 0.1) is 6.92 Å². The van der Waals surface area contributed by atoms with Gasteiger partial charge in [0.15, 0.2) is 10.8 Å². The molecule has 0 radical (unpaired) electrons. The predicted octanol–water partition coefficient (Wildman–Crippen LogP) is 2.18. The van der Waals surface area contributed by atoms with Crippen molar-refractivity contribution in [3.8, 4) is 0 Å². The fourth-order valence-electron chi connectivity index (χ4n) is 1.78. The fourth-order valence-corrected chi connectivity index (χ4v) is 2.79. The van der Waals surface area contributed by atoms with Gasteiger partial charge in [-0.25, -0.2) is 9.67 Å². The highest BCUT2D eigenvalue weighted by atomic mass is 32.1. The van der Waals surface area contributed by atoms with E-state index in [1.54, 1.807) is 18.4 Å². The van der Waals surface area contributed by atoms with Crippen molar-refractivity contribution >= 4 is 26.8 Å². The Labute approximate surface area is 105 Å². The van der Waals surface area contributed by atoms with E-state index in [-0.39, 0.29) is 0 Å². The minimum atomic E-state index is 0.314. The van der Waals surface area contributed by atoms with Crippen LogP contribution < -0.4 is 5.32 Å². The zero-order valence-electron chi connectivity index (χ0n) is 10.6. The Morgan fingerprint density at radius 3 is 2.88 bits per heavy atom. The van der Waals surface area contributed by atoms with E-state index < -0.39 is 0 Å². The van der Waals surface area contributed by atoms with E-state index >= 15 is 0 Å². The zero-order valence-corrected chi connectivity index (χ0v) is 11.5. The van der Waals surface area contributed by atoms with Gasteiger partial charge in [-0.15, -0.1) is 0 Å². The summed E-state index contributed by atoms with van der Waals surface area (Å²) in [5, 5.41) is 8.68. The average Bonchev–Trinajstić information content (AvgIpc) is 2.81. The molecule has 2 aromatic heterocycles. The predicted molar refractivity (Wildman–Crippen MR) is 70.7 cm³/mol. The van der Waals surface area contributed by atoms with E-state index in [0.717, 1.165) is 27.6 Å². The van der Waals surface area contributed by atoms with E-state index in [1.807, 2.05) is 18.7 Å². The molecule has 0 spiro atoms. The second-order valence-corrected chi connectivity index (χ2v) is 5.08. The Morgan fingerprint density at radius 2 is 2.29 bits per heavy atom. The van der Waals surface area contributed by atoms with Gasteiger partial charge in [-0.05, 0) is 13.3 Å². The van der Waals surface area contributed by atoms with E-state index in [0.29, 0.717) is 12.6 Å². The average molecular weight is 254 g/mol. The van der Waals surface area contributed by atoms with Gasteiger partial charge in [0, 0.05) is 14.2 Å². The van der Waals surface area contributed by atoms with Crippen LogP contribution in [0.1, 0.15) is 19.0 Å². The van der Waals surface area contributed by atoms with Crippen LogP contribution in [0.25, 0.3) is 10.3 Å². The maximum absolute atomic E-state index is 5.17. The Hall–Kier alpha value is -1.14. The Morgan fingerprint density at radius 1 is 1.53 bits per heavy atom. The molecule has 0 aliphatic rings. The quantitative estimate of drug-likeness (QED) is 0.888. The number of nitrogens with zero attached hydrogens (tertiary/aromatic N) is 3. The van der Waals surface area contributed by atoms with Crippen LogP contribution >= 0.6 is 11.3 Å². The first-order valence-corrected chi connectivity index (χ1v) is 6.53. The lowest BCUT2D eigenvalue weighted by Crippen LogP contribution is -2.23. The summed E-state index contributed by atoms with van der Waals surface area (Å²) in [6, 6.07) is 0.314. The van der Waals surface area contributed by atoms with Gasteiger partial charge < -0.3 is 10.1 Å². The summed E-state index contributed by atoms with van der Waals surface area (Å²) in [6.07, 6.45) is 1.01. The lowest BCUT2D eigenvalue weighted by Gasteiger charge is -2.14. The molecule has 0 aromatic carbocycles. The number of rotatable bonds is 5. The van der Waals surface area contributed by atoms with Gasteiger partial charge in [0.25, 0.3) is 0 Å². The second-order valence-electron chi connectivity index (χ2n) is 4.09. The molecule has 2 rings (SSSR count). The number of thiazole rings is 1. The standard InChI is InChI=1S/C11H18N4OS/c1-5-8(6-16-4)12-11-13-10-9(17-11)7(2)14-15(10)3/h8H,5-6H2,1-4H3,(H,12,13)/t8-/m1/s1. The number of aryl methyl sites for hydroxylation is 2. The molecule has 0 bridgehead atoms. The third-order valence-electron chi connectivity index (χ3n) is 2.73. The number of fused-ring (bicyclic) bond motifs is 1. The van der Waals surface area contributed by atoms with Crippen LogP contribution in [-0.4, -0.2) is 34.5 Å². The highest BCUT2D eigenvalue weighted by Crippen LogP contribution is 2.28. The third-order valence-corrected chi connectivity index (χ3v) is 3.82. The van der Waals surface area contributed by atoms with Crippen molar-refractivity contribution in [1.82, 2.24) is 14.8 Å². The molecule has 0 aliphatic carbocycles. The summed E-state index contributed by atoms with van der Waals surface area (Å²) >= 11 is 1.65. The summed E-state index contributed by atoms with van der Waals surface area (Å²) in [4.78, 5) is 4.56. The molecule has 0 amide bonds. The highest BCUT2D eigenvalue weighted by molar-refractivity contribution is 7.22. The maximum Gasteiger partial charge on any atom is 0.185 e. The molecule has 6 heteroatoms. The van der Waals surface area contributed by atoms with Crippen molar-refractivity contribution in [2.75, 3.05) is 19.0 Å². The number of ether oxygens (including phenoxy) is 1. The van der Waals surface area contributed by atoms with E-state index in [4.69, 9.17) is 4.74 Å². The van der Waals surface area contributed by atoms with Crippen LogP contribution in [-0.2, 0) is 11.8 Å². The van der Waals surface area contributed by atoms with Gasteiger partial charge in [-0.2, -0.15) is 5.10 Å². The first-order chi connectivity index (χ1) is 8.15. The fraction of sp³-hybridized carbons (Fsp3) is 0.636. The van der Waals surface area contributed by atoms with Crippen molar-refractivity contribution in [3.63, 3.8) is 0 Å². The molecular formula is C11H18N4OS. The van der Waals surface area contributed by atoms with Crippen molar-refractivity contribution in [2.24, 2.45) is 7.05 Å². The number of methoxy groups -OCH3 is 1. The highest BCUT2D eigenvalue weighted by Gasteiger charge is 2.14. The molecule has 94 valence electrons. The van der Waals surface area contributed by atoms with Gasteiger partial charge >= 0.3 is 0 Å². The maximum atomic E-state index is 5.17. The Bertz CT molecular complexity index is 470. The van der Waals surface area contributed by atoms with Gasteiger partial charge in [0.05, 0.1) is 23.0 Å². The Balaban J connectivity index is 2.21. The molecule has 0 fully saturated rings. The number of anilines is 1. The minimum absolute atomic E-state index is 0.314. The zero-order chi connectivity index (χ0) is 12.4. The third kappa shape index (κ3) is 2.42. The molecule has 17 heavy (non-hydrogen) atoms. The molecule has 2 aromatic rings. The molecule has 2 heterocycles. The van der Waals surface area contributed by atoms with Crippen LogP contribution in [0.2, 0.25) is 0 Å². The molecule has 0 saturated carbocycles. The molecular weight excluding hydrogens is 236 g/mol. The van der Waals surface area contributed by atoms with E-state index in [2.05, 4.69) is 22.3 Å². The number of hydrogen-bond acceptors (Lipinski definition) is 5. The topological polar surface area (TPSA) is 52.0 Å². The van der Waals surface area contributed by atoms with Crippen LogP contribution in [0.15, 0.2) is 0 Å². The number of aromatic nitrogens is 3. The number of hydrogen-bond donors (Lipinski definition) is 1. The minimum Gasteiger partial charge on any atom is -0.383 e. The summed E-state index contributed by atoms with van der Waals surface area (Å²) in [5.41, 5.74) is 1.98. The van der Waals surface area contributed by atoms with Crippen LogP contribution in [0.3, 0.4) is 0 Å². The Kier molecular flexibility index (Phi) is 3.63. The summed E-state index contributed by atoms with van der Waals surface area (Å²) in [6.45, 7) is 4.84. The summed E-state index contributed by atoms with van der Waals surface area (Å²) < 4.78 is 8.14. The largest absolute Gasteiger partial charge is 0.383 e. The van der Waals surface area contributed by atoms with E-state index in [9.17, 15) is 0 Å². The monoisotopic (exact) mass is 254 g/mol. The lowest BCUT2D eigenvalue weighted by molar-refractivity contribution is 0.184. The molecule has 1 atom stereocenters. The van der Waals surface area contributed by atoms with Gasteiger partial charge in [0.1, 0.15) is 0 Å². The van der Waals surface area contributed by atoms with Crippen molar-refractivity contribution in [2.45, 2.75) is 26.3 Å². The van der Waals surface area contributed by atoms with E-state index in [1.165, 1.54) is 0 Å². The van der Waals surface area contributed by atoms with Gasteiger partial charge in [-0.3, -0.25) is 0 Å². The molecule has 1 N–H and O–H groups in total. The molecule has 0 unspecified atom stereocenters. The normalized spacial score (nSPS) is 13.2. The van der Waals surface area contributed by atoms with Gasteiger partial charge in [-0.1, -0.05) is 18.3 Å². The lowest BCUT2D eigenvalue weighted by atomic mass is 10.2. The van der Waals surface area contributed by atoms with Crippen molar-refractivity contribution in [3.05, 3.63) is 5.69 Å².